The summed E-state index contributed by atoms with van der Waals surface area (Å²) in [7, 11) is 1.62. The van der Waals surface area contributed by atoms with Gasteiger partial charge >= 0.3 is 0 Å². The van der Waals surface area contributed by atoms with E-state index < -0.39 is 0 Å². The van der Waals surface area contributed by atoms with Crippen molar-refractivity contribution in [3.8, 4) is 11.5 Å². The van der Waals surface area contributed by atoms with Gasteiger partial charge in [-0.1, -0.05) is 56.7 Å². The molecule has 1 fully saturated rings. The van der Waals surface area contributed by atoms with Gasteiger partial charge in [-0.3, -0.25) is 9.69 Å². The molecule has 1 aromatic carbocycles. The maximum Gasteiger partial charge on any atom is 0.266 e. The third kappa shape index (κ3) is 5.22. The molecule has 1 aliphatic rings. The van der Waals surface area contributed by atoms with Crippen molar-refractivity contribution >= 4 is 40.3 Å². The van der Waals surface area contributed by atoms with Crippen LogP contribution in [0.25, 0.3) is 6.08 Å². The fraction of sp³-hybridized carbons (Fsp3) is 0.474. The summed E-state index contributed by atoms with van der Waals surface area (Å²) in [5, 5.41) is 0. The van der Waals surface area contributed by atoms with Crippen LogP contribution in [0.4, 0.5) is 0 Å². The van der Waals surface area contributed by atoms with Crippen molar-refractivity contribution in [3.05, 3.63) is 28.7 Å². The maximum atomic E-state index is 12.5. The van der Waals surface area contributed by atoms with Crippen LogP contribution < -0.4 is 9.47 Å². The van der Waals surface area contributed by atoms with Crippen molar-refractivity contribution < 1.29 is 14.3 Å². The molecule has 0 bridgehead atoms. The van der Waals surface area contributed by atoms with Crippen LogP contribution in [0.5, 0.6) is 11.5 Å². The number of hydrogen-bond acceptors (Lipinski definition) is 5. The number of thioether (sulfide) groups is 1. The minimum absolute atomic E-state index is 0.00862. The highest BCUT2D eigenvalue weighted by atomic mass is 32.2. The molecule has 4 nitrogen and oxygen atoms in total. The standard InChI is InChI=1S/C19H25NO3S2/c1-4-6-10-20-18(21)17(25-19(20)24)13-14-8-9-15(16(12-14)22-3)23-11-7-5-2/h8-9,12-13H,4-7,10-11H2,1-3H3. The van der Waals surface area contributed by atoms with Gasteiger partial charge in [0.25, 0.3) is 5.91 Å². The Hall–Kier alpha value is -1.53. The van der Waals surface area contributed by atoms with Crippen LogP contribution in [0.1, 0.15) is 45.1 Å². The number of nitrogens with zero attached hydrogens (tertiary/aromatic N) is 1. The Morgan fingerprint density at radius 3 is 2.64 bits per heavy atom. The quantitative estimate of drug-likeness (QED) is 0.347. The van der Waals surface area contributed by atoms with Crippen LogP contribution in [-0.2, 0) is 4.79 Å². The zero-order valence-electron chi connectivity index (χ0n) is 15.0. The Labute approximate surface area is 159 Å². The average molecular weight is 380 g/mol. The predicted octanol–water partition coefficient (Wildman–Crippen LogP) is 4.88. The molecule has 1 heterocycles. The second kappa shape index (κ2) is 9.82. The normalized spacial score (nSPS) is 16.0. The van der Waals surface area contributed by atoms with Gasteiger partial charge in [-0.05, 0) is 36.6 Å². The van der Waals surface area contributed by atoms with Crippen molar-refractivity contribution in [2.75, 3.05) is 20.3 Å². The molecule has 0 radical (unpaired) electrons. The average Bonchev–Trinajstić information content (AvgIpc) is 2.87. The Bertz CT molecular complexity index is 658. The molecule has 1 aliphatic heterocycles. The van der Waals surface area contributed by atoms with Gasteiger partial charge in [0.1, 0.15) is 4.32 Å². The molecule has 1 aromatic rings. The number of ether oxygens (including phenoxy) is 2. The topological polar surface area (TPSA) is 38.8 Å². The van der Waals surface area contributed by atoms with Crippen LogP contribution in [0.15, 0.2) is 23.1 Å². The molecule has 0 aliphatic carbocycles. The smallest absolute Gasteiger partial charge is 0.266 e. The van der Waals surface area contributed by atoms with E-state index in [0.29, 0.717) is 28.1 Å². The summed E-state index contributed by atoms with van der Waals surface area (Å²) in [5.74, 6) is 1.39. The molecule has 1 amide bonds. The number of thiocarbonyl (C=S) groups is 1. The zero-order chi connectivity index (χ0) is 18.2. The largest absolute Gasteiger partial charge is 0.493 e. The van der Waals surface area contributed by atoms with E-state index in [-0.39, 0.29) is 5.91 Å². The van der Waals surface area contributed by atoms with E-state index in [1.165, 1.54) is 11.8 Å². The first kappa shape index (κ1) is 19.8. The van der Waals surface area contributed by atoms with Crippen LogP contribution >= 0.6 is 24.0 Å². The molecule has 0 atom stereocenters. The Kier molecular flexibility index (Phi) is 7.78. The summed E-state index contributed by atoms with van der Waals surface area (Å²) in [6, 6.07) is 5.71. The maximum absolute atomic E-state index is 12.5. The molecular weight excluding hydrogens is 354 g/mol. The number of amides is 1. The van der Waals surface area contributed by atoms with E-state index >= 15 is 0 Å². The number of hydrogen-bond donors (Lipinski definition) is 0. The van der Waals surface area contributed by atoms with E-state index in [4.69, 9.17) is 21.7 Å². The van der Waals surface area contributed by atoms with Gasteiger partial charge in [-0.25, -0.2) is 0 Å². The minimum Gasteiger partial charge on any atom is -0.493 e. The number of unbranched alkanes of at least 4 members (excludes halogenated alkanes) is 2. The molecule has 0 unspecified atom stereocenters. The summed E-state index contributed by atoms with van der Waals surface area (Å²) < 4.78 is 11.8. The van der Waals surface area contributed by atoms with Gasteiger partial charge in [0.15, 0.2) is 11.5 Å². The van der Waals surface area contributed by atoms with Gasteiger partial charge < -0.3 is 9.47 Å². The molecule has 1 saturated heterocycles. The van der Waals surface area contributed by atoms with Gasteiger partial charge in [0, 0.05) is 6.54 Å². The van der Waals surface area contributed by atoms with E-state index in [9.17, 15) is 4.79 Å². The molecule has 6 heteroatoms. The molecule has 0 aromatic heterocycles. The van der Waals surface area contributed by atoms with Crippen molar-refractivity contribution in [1.82, 2.24) is 4.90 Å². The highest BCUT2D eigenvalue weighted by Crippen LogP contribution is 2.34. The Balaban J connectivity index is 2.15. The highest BCUT2D eigenvalue weighted by Gasteiger charge is 2.31. The first-order valence-electron chi connectivity index (χ1n) is 8.66. The first-order valence-corrected chi connectivity index (χ1v) is 9.89. The highest BCUT2D eigenvalue weighted by molar-refractivity contribution is 8.26. The van der Waals surface area contributed by atoms with Gasteiger partial charge in [0.05, 0.1) is 18.6 Å². The fourth-order valence-corrected chi connectivity index (χ4v) is 3.69. The van der Waals surface area contributed by atoms with Gasteiger partial charge in [0.2, 0.25) is 0 Å². The van der Waals surface area contributed by atoms with Crippen molar-refractivity contribution in [2.45, 2.75) is 39.5 Å². The molecule has 2 rings (SSSR count). The number of rotatable bonds is 9. The lowest BCUT2D eigenvalue weighted by Gasteiger charge is -2.13. The van der Waals surface area contributed by atoms with Crippen LogP contribution in [0.3, 0.4) is 0 Å². The fourth-order valence-electron chi connectivity index (χ4n) is 2.38. The molecule has 0 spiro atoms. The predicted molar refractivity (Wildman–Crippen MR) is 108 cm³/mol. The number of methoxy groups -OCH3 is 1. The molecule has 136 valence electrons. The summed E-state index contributed by atoms with van der Waals surface area (Å²) in [6.45, 7) is 5.58. The summed E-state index contributed by atoms with van der Waals surface area (Å²) in [6.07, 6.45) is 5.94. The monoisotopic (exact) mass is 379 g/mol. The van der Waals surface area contributed by atoms with Crippen molar-refractivity contribution in [3.63, 3.8) is 0 Å². The molecule has 0 saturated carbocycles. The van der Waals surface area contributed by atoms with Gasteiger partial charge in [-0.15, -0.1) is 0 Å². The third-order valence-electron chi connectivity index (χ3n) is 3.85. The third-order valence-corrected chi connectivity index (χ3v) is 5.23. The van der Waals surface area contributed by atoms with Crippen LogP contribution in [0, 0.1) is 0 Å². The molecule has 25 heavy (non-hydrogen) atoms. The number of benzene rings is 1. The summed E-state index contributed by atoms with van der Waals surface area (Å²) in [4.78, 5) is 14.9. The second-order valence-electron chi connectivity index (χ2n) is 5.80. The number of carbonyl (C=O) groups is 1. The second-order valence-corrected chi connectivity index (χ2v) is 7.47. The van der Waals surface area contributed by atoms with Crippen molar-refractivity contribution in [1.29, 1.82) is 0 Å². The Morgan fingerprint density at radius 2 is 1.96 bits per heavy atom. The summed E-state index contributed by atoms with van der Waals surface area (Å²) in [5.41, 5.74) is 0.899. The van der Waals surface area contributed by atoms with E-state index in [1.54, 1.807) is 12.0 Å². The first-order chi connectivity index (χ1) is 12.1. The van der Waals surface area contributed by atoms with E-state index in [2.05, 4.69) is 13.8 Å². The zero-order valence-corrected chi connectivity index (χ0v) is 16.7. The lowest BCUT2D eigenvalue weighted by atomic mass is 10.2. The van der Waals surface area contributed by atoms with Gasteiger partial charge in [-0.2, -0.15) is 0 Å². The van der Waals surface area contributed by atoms with Crippen LogP contribution in [0.2, 0.25) is 0 Å². The van der Waals surface area contributed by atoms with E-state index in [0.717, 1.165) is 37.0 Å². The Morgan fingerprint density at radius 1 is 1.20 bits per heavy atom. The minimum atomic E-state index is -0.00862. The lowest BCUT2D eigenvalue weighted by molar-refractivity contribution is -0.122. The number of carbonyl (C=O) groups excluding carboxylic acids is 1. The summed E-state index contributed by atoms with van der Waals surface area (Å²) >= 11 is 6.69. The SMILES string of the molecule is CCCCOc1ccc(C=C2SC(=S)N(CCCC)C2=O)cc1OC. The van der Waals surface area contributed by atoms with Crippen molar-refractivity contribution in [2.24, 2.45) is 0 Å². The molecular formula is C19H25NO3S2. The molecule has 0 N–H and O–H groups in total. The lowest BCUT2D eigenvalue weighted by Crippen LogP contribution is -2.28. The van der Waals surface area contributed by atoms with Crippen LogP contribution in [-0.4, -0.2) is 35.4 Å². The van der Waals surface area contributed by atoms with E-state index in [1.807, 2.05) is 24.3 Å².